The average Bonchev–Trinajstić information content (AvgIpc) is 2.90. The first-order chi connectivity index (χ1) is 10.9. The van der Waals surface area contributed by atoms with Crippen LogP contribution < -0.4 is 15.6 Å². The number of hydrogen-bond donors (Lipinski definition) is 3. The predicted octanol–water partition coefficient (Wildman–Crippen LogP) is 1.53. The Labute approximate surface area is 127 Å². The number of halogens is 3. The summed E-state index contributed by atoms with van der Waals surface area (Å²) in [4.78, 5) is 23.7. The summed E-state index contributed by atoms with van der Waals surface area (Å²) >= 11 is 0. The standard InChI is InChI=1S/C13H11F3N4O3/c1-6-9(5-17-18-6)12(22)20-19-11(21)8-3-2-7(14)4-10(8)23-13(15)16/h2-5,13H,1H3,(H,17,18)(H,19,21)(H,20,22). The van der Waals surface area contributed by atoms with Crippen molar-refractivity contribution in [1.29, 1.82) is 0 Å². The first-order valence-corrected chi connectivity index (χ1v) is 6.23. The Morgan fingerprint density at radius 2 is 1.87 bits per heavy atom. The quantitative estimate of drug-likeness (QED) is 0.742. The van der Waals surface area contributed by atoms with E-state index in [2.05, 4.69) is 20.4 Å². The van der Waals surface area contributed by atoms with Gasteiger partial charge in [-0.15, -0.1) is 0 Å². The molecule has 2 aromatic rings. The lowest BCUT2D eigenvalue weighted by Gasteiger charge is -2.11. The van der Waals surface area contributed by atoms with Crippen LogP contribution in [-0.4, -0.2) is 28.6 Å². The summed E-state index contributed by atoms with van der Waals surface area (Å²) in [5.41, 5.74) is 4.40. The molecule has 2 amide bonds. The molecule has 0 aliphatic carbocycles. The summed E-state index contributed by atoms with van der Waals surface area (Å²) < 4.78 is 41.7. The van der Waals surface area contributed by atoms with Crippen LogP contribution in [0, 0.1) is 12.7 Å². The van der Waals surface area contributed by atoms with Gasteiger partial charge in [-0.05, 0) is 19.1 Å². The first-order valence-electron chi connectivity index (χ1n) is 6.23. The molecule has 0 unspecified atom stereocenters. The topological polar surface area (TPSA) is 96.1 Å². The summed E-state index contributed by atoms with van der Waals surface area (Å²) in [6.07, 6.45) is 1.25. The molecule has 10 heteroatoms. The molecule has 0 atom stereocenters. The van der Waals surface area contributed by atoms with Gasteiger partial charge in [-0.3, -0.25) is 25.5 Å². The van der Waals surface area contributed by atoms with Crippen LogP contribution in [0.1, 0.15) is 26.4 Å². The number of amides is 2. The predicted molar refractivity (Wildman–Crippen MR) is 71.3 cm³/mol. The Morgan fingerprint density at radius 3 is 2.43 bits per heavy atom. The maximum absolute atomic E-state index is 13.1. The van der Waals surface area contributed by atoms with Gasteiger partial charge in [0, 0.05) is 11.8 Å². The summed E-state index contributed by atoms with van der Waals surface area (Å²) in [5.74, 6) is -3.11. The lowest BCUT2D eigenvalue weighted by molar-refractivity contribution is -0.0503. The second kappa shape index (κ2) is 6.81. The molecule has 122 valence electrons. The SMILES string of the molecule is Cc1[nH]ncc1C(=O)NNC(=O)c1ccc(F)cc1OC(F)F. The molecule has 0 fully saturated rings. The van der Waals surface area contributed by atoms with Crippen molar-refractivity contribution in [1.82, 2.24) is 21.0 Å². The van der Waals surface area contributed by atoms with E-state index in [4.69, 9.17) is 0 Å². The van der Waals surface area contributed by atoms with Crippen LogP contribution in [0.25, 0.3) is 0 Å². The fraction of sp³-hybridized carbons (Fsp3) is 0.154. The number of nitrogens with one attached hydrogen (secondary N) is 3. The molecule has 0 bridgehead atoms. The second-order valence-corrected chi connectivity index (χ2v) is 4.34. The molecule has 0 aliphatic heterocycles. The molecule has 0 saturated heterocycles. The van der Waals surface area contributed by atoms with Gasteiger partial charge in [-0.25, -0.2) is 4.39 Å². The number of benzene rings is 1. The molecule has 0 aliphatic rings. The van der Waals surface area contributed by atoms with Gasteiger partial charge < -0.3 is 4.74 Å². The van der Waals surface area contributed by atoms with Gasteiger partial charge >= 0.3 is 6.61 Å². The molecule has 0 saturated carbocycles. The summed E-state index contributed by atoms with van der Waals surface area (Å²) in [5, 5.41) is 6.18. The van der Waals surface area contributed by atoms with Crippen molar-refractivity contribution in [3.63, 3.8) is 0 Å². The second-order valence-electron chi connectivity index (χ2n) is 4.34. The molecule has 0 radical (unpaired) electrons. The zero-order chi connectivity index (χ0) is 17.0. The Balaban J connectivity index is 2.09. The van der Waals surface area contributed by atoms with Crippen LogP contribution in [-0.2, 0) is 0 Å². The number of aromatic nitrogens is 2. The van der Waals surface area contributed by atoms with Crippen molar-refractivity contribution in [2.45, 2.75) is 13.5 Å². The van der Waals surface area contributed by atoms with E-state index >= 15 is 0 Å². The van der Waals surface area contributed by atoms with Crippen LogP contribution >= 0.6 is 0 Å². The minimum atomic E-state index is -3.23. The Kier molecular flexibility index (Phi) is 4.84. The number of aryl methyl sites for hydroxylation is 1. The summed E-state index contributed by atoms with van der Waals surface area (Å²) in [6.45, 7) is -1.63. The van der Waals surface area contributed by atoms with Crippen molar-refractivity contribution in [2.75, 3.05) is 0 Å². The van der Waals surface area contributed by atoms with Gasteiger partial charge in [0.25, 0.3) is 11.8 Å². The zero-order valence-corrected chi connectivity index (χ0v) is 11.7. The zero-order valence-electron chi connectivity index (χ0n) is 11.7. The van der Waals surface area contributed by atoms with Crippen molar-refractivity contribution in [3.05, 3.63) is 47.0 Å². The third kappa shape index (κ3) is 3.99. The minimum absolute atomic E-state index is 0.188. The van der Waals surface area contributed by atoms with E-state index in [0.717, 1.165) is 12.1 Å². The highest BCUT2D eigenvalue weighted by Gasteiger charge is 2.18. The van der Waals surface area contributed by atoms with E-state index in [1.54, 1.807) is 6.92 Å². The fourth-order valence-corrected chi connectivity index (χ4v) is 1.71. The number of ether oxygens (including phenoxy) is 1. The van der Waals surface area contributed by atoms with E-state index in [0.29, 0.717) is 11.8 Å². The van der Waals surface area contributed by atoms with E-state index in [1.807, 2.05) is 5.43 Å². The van der Waals surface area contributed by atoms with Crippen LogP contribution in [0.2, 0.25) is 0 Å². The van der Waals surface area contributed by atoms with Gasteiger partial charge in [0.05, 0.1) is 17.3 Å². The number of carbonyl (C=O) groups excluding carboxylic acids is 2. The highest BCUT2D eigenvalue weighted by Crippen LogP contribution is 2.21. The fourth-order valence-electron chi connectivity index (χ4n) is 1.71. The number of alkyl halides is 2. The molecule has 0 spiro atoms. The highest BCUT2D eigenvalue weighted by atomic mass is 19.3. The largest absolute Gasteiger partial charge is 0.434 e. The number of rotatable bonds is 4. The van der Waals surface area contributed by atoms with Gasteiger partial charge in [0.15, 0.2) is 0 Å². The molecule has 1 aromatic heterocycles. The Bertz CT molecular complexity index is 733. The number of H-pyrrole nitrogens is 1. The normalized spacial score (nSPS) is 10.5. The Hall–Kier alpha value is -3.04. The van der Waals surface area contributed by atoms with Gasteiger partial charge in [0.1, 0.15) is 11.6 Å². The average molecular weight is 328 g/mol. The number of nitrogens with zero attached hydrogens (tertiary/aromatic N) is 1. The smallest absolute Gasteiger partial charge is 0.387 e. The number of aromatic amines is 1. The molecular formula is C13H11F3N4O3. The molecular weight excluding hydrogens is 317 g/mol. The van der Waals surface area contributed by atoms with Crippen LogP contribution in [0.4, 0.5) is 13.2 Å². The van der Waals surface area contributed by atoms with Crippen LogP contribution in [0.5, 0.6) is 5.75 Å². The van der Waals surface area contributed by atoms with E-state index in [1.165, 1.54) is 6.20 Å². The summed E-state index contributed by atoms with van der Waals surface area (Å²) in [6, 6.07) is 2.50. The third-order valence-corrected chi connectivity index (χ3v) is 2.77. The molecule has 3 N–H and O–H groups in total. The van der Waals surface area contributed by atoms with Crippen LogP contribution in [0.15, 0.2) is 24.4 Å². The molecule has 1 heterocycles. The van der Waals surface area contributed by atoms with Crippen molar-refractivity contribution in [3.8, 4) is 5.75 Å². The monoisotopic (exact) mass is 328 g/mol. The van der Waals surface area contributed by atoms with Crippen molar-refractivity contribution in [2.24, 2.45) is 0 Å². The number of hydrazine groups is 1. The first kappa shape index (κ1) is 16.3. The van der Waals surface area contributed by atoms with Crippen molar-refractivity contribution < 1.29 is 27.5 Å². The molecule has 1 aromatic carbocycles. The lowest BCUT2D eigenvalue weighted by atomic mass is 10.2. The Morgan fingerprint density at radius 1 is 1.22 bits per heavy atom. The van der Waals surface area contributed by atoms with Crippen LogP contribution in [0.3, 0.4) is 0 Å². The van der Waals surface area contributed by atoms with Gasteiger partial charge in [-0.1, -0.05) is 0 Å². The molecule has 2 rings (SSSR count). The maximum atomic E-state index is 13.1. The summed E-state index contributed by atoms with van der Waals surface area (Å²) in [7, 11) is 0. The molecule has 7 nitrogen and oxygen atoms in total. The highest BCUT2D eigenvalue weighted by molar-refractivity contribution is 6.00. The van der Waals surface area contributed by atoms with Crippen molar-refractivity contribution >= 4 is 11.8 Å². The third-order valence-electron chi connectivity index (χ3n) is 2.77. The maximum Gasteiger partial charge on any atom is 0.387 e. The van der Waals surface area contributed by atoms with Gasteiger partial charge in [0.2, 0.25) is 0 Å². The minimum Gasteiger partial charge on any atom is -0.434 e. The van der Waals surface area contributed by atoms with E-state index in [-0.39, 0.29) is 11.1 Å². The molecule has 23 heavy (non-hydrogen) atoms. The number of hydrogen-bond acceptors (Lipinski definition) is 4. The van der Waals surface area contributed by atoms with E-state index in [9.17, 15) is 22.8 Å². The van der Waals surface area contributed by atoms with E-state index < -0.39 is 30.0 Å². The number of carbonyl (C=O) groups is 2. The van der Waals surface area contributed by atoms with Gasteiger partial charge in [-0.2, -0.15) is 13.9 Å². The lowest BCUT2D eigenvalue weighted by Crippen LogP contribution is -2.41.